The first kappa shape index (κ1) is 20.4. The van der Waals surface area contributed by atoms with Crippen LogP contribution in [0.4, 0.5) is 4.79 Å². The van der Waals surface area contributed by atoms with E-state index < -0.39 is 23.4 Å². The highest BCUT2D eigenvalue weighted by Gasteiger charge is 2.51. The van der Waals surface area contributed by atoms with Crippen LogP contribution in [0.25, 0.3) is 0 Å². The molecular formula is C18H23N3O6. The topological polar surface area (TPSA) is 116 Å². The molecule has 0 unspecified atom stereocenters. The fraction of sp³-hybridized carbons (Fsp3) is 0.444. The number of methoxy groups -OCH3 is 1. The van der Waals surface area contributed by atoms with E-state index in [1.807, 2.05) is 6.92 Å². The van der Waals surface area contributed by atoms with Crippen LogP contribution in [0.1, 0.15) is 42.1 Å². The molecule has 2 N–H and O–H groups in total. The molecule has 1 fully saturated rings. The summed E-state index contributed by atoms with van der Waals surface area (Å²) in [5.41, 5.74) is -0.693. The summed E-state index contributed by atoms with van der Waals surface area (Å²) < 4.78 is 4.73. The predicted molar refractivity (Wildman–Crippen MR) is 93.7 cm³/mol. The summed E-state index contributed by atoms with van der Waals surface area (Å²) in [7, 11) is 1.25. The molecule has 1 aromatic carbocycles. The van der Waals surface area contributed by atoms with Crippen molar-refractivity contribution in [1.82, 2.24) is 15.3 Å². The molecule has 4 amide bonds. The molecule has 27 heavy (non-hydrogen) atoms. The molecule has 0 aromatic heterocycles. The van der Waals surface area contributed by atoms with Crippen molar-refractivity contribution < 1.29 is 29.1 Å². The Morgan fingerprint density at radius 3 is 2.70 bits per heavy atom. The summed E-state index contributed by atoms with van der Waals surface area (Å²) in [6, 6.07) is 5.87. The summed E-state index contributed by atoms with van der Waals surface area (Å²) in [6.07, 6.45) is 1.84. The first-order chi connectivity index (χ1) is 12.9. The highest BCUT2D eigenvalue weighted by Crippen LogP contribution is 2.27. The van der Waals surface area contributed by atoms with Crippen LogP contribution >= 0.6 is 0 Å². The number of hydroxylamine groups is 2. The van der Waals surface area contributed by atoms with Crippen molar-refractivity contribution in [1.29, 1.82) is 0 Å². The Labute approximate surface area is 156 Å². The van der Waals surface area contributed by atoms with Gasteiger partial charge in [0, 0.05) is 0 Å². The molecule has 0 bridgehead atoms. The van der Waals surface area contributed by atoms with Crippen molar-refractivity contribution in [2.75, 3.05) is 13.7 Å². The van der Waals surface area contributed by atoms with E-state index >= 15 is 0 Å². The van der Waals surface area contributed by atoms with Gasteiger partial charge in [-0.3, -0.25) is 19.7 Å². The molecule has 1 atom stereocenters. The number of unbranched alkanes of at least 4 members (excludes halogenated alkanes) is 1. The quantitative estimate of drug-likeness (QED) is 0.220. The zero-order valence-electron chi connectivity index (χ0n) is 15.3. The summed E-state index contributed by atoms with van der Waals surface area (Å²) >= 11 is 0. The van der Waals surface area contributed by atoms with E-state index in [4.69, 9.17) is 4.74 Å². The number of imide groups is 1. The molecule has 0 spiro atoms. The van der Waals surface area contributed by atoms with E-state index in [-0.39, 0.29) is 31.5 Å². The Kier molecular flexibility index (Phi) is 6.51. The molecule has 1 aliphatic rings. The third kappa shape index (κ3) is 4.25. The first-order valence-electron chi connectivity index (χ1n) is 8.59. The second kappa shape index (κ2) is 8.63. The van der Waals surface area contributed by atoms with Gasteiger partial charge < -0.3 is 10.1 Å². The van der Waals surface area contributed by atoms with E-state index in [1.165, 1.54) is 7.11 Å². The Bertz CT molecular complexity index is 738. The number of hydrogen-bond acceptors (Lipinski definition) is 6. The van der Waals surface area contributed by atoms with Crippen molar-refractivity contribution >= 4 is 24.3 Å². The highest BCUT2D eigenvalue weighted by atomic mass is 16.5. The standard InChI is InChI=1S/C18H23N3O6/c1-3-4-9-18(11-20(26)12-22)16(24)21(17(25)19-18)10-13-7-5-6-8-14(13)15(23)27-2/h5-8,12,26H,3-4,9-11H2,1-2H3,(H,19,25)/t18-/m0/s1. The zero-order valence-corrected chi connectivity index (χ0v) is 15.3. The third-order valence-corrected chi connectivity index (χ3v) is 4.51. The lowest BCUT2D eigenvalue weighted by atomic mass is 9.92. The average molecular weight is 377 g/mol. The van der Waals surface area contributed by atoms with Gasteiger partial charge in [-0.2, -0.15) is 0 Å². The van der Waals surface area contributed by atoms with Gasteiger partial charge in [-0.15, -0.1) is 0 Å². The molecule has 2 rings (SSSR count). The highest BCUT2D eigenvalue weighted by molar-refractivity contribution is 6.07. The molecule has 1 saturated heterocycles. The number of carbonyl (C=O) groups excluding carboxylic acids is 4. The Hall–Kier alpha value is -2.94. The molecule has 0 aliphatic carbocycles. The van der Waals surface area contributed by atoms with Gasteiger partial charge >= 0.3 is 12.0 Å². The van der Waals surface area contributed by atoms with Gasteiger partial charge in [-0.05, 0) is 18.1 Å². The number of rotatable bonds is 9. The van der Waals surface area contributed by atoms with Gasteiger partial charge in [-0.25, -0.2) is 14.7 Å². The predicted octanol–water partition coefficient (Wildman–Crippen LogP) is 1.30. The number of urea groups is 1. The van der Waals surface area contributed by atoms with Crippen LogP contribution < -0.4 is 5.32 Å². The van der Waals surface area contributed by atoms with Crippen molar-refractivity contribution in [3.63, 3.8) is 0 Å². The van der Waals surface area contributed by atoms with Crippen molar-refractivity contribution in [2.45, 2.75) is 38.3 Å². The smallest absolute Gasteiger partial charge is 0.338 e. The van der Waals surface area contributed by atoms with Gasteiger partial charge in [0.2, 0.25) is 6.41 Å². The summed E-state index contributed by atoms with van der Waals surface area (Å²) in [4.78, 5) is 49.2. The normalized spacial score (nSPS) is 19.0. The molecular weight excluding hydrogens is 354 g/mol. The Morgan fingerprint density at radius 1 is 1.37 bits per heavy atom. The molecule has 1 heterocycles. The van der Waals surface area contributed by atoms with E-state index in [0.29, 0.717) is 17.0 Å². The summed E-state index contributed by atoms with van der Waals surface area (Å²) in [6.45, 7) is 1.45. The first-order valence-corrected chi connectivity index (χ1v) is 8.59. The zero-order chi connectivity index (χ0) is 20.0. The minimum atomic E-state index is -1.40. The SMILES string of the molecule is CCCC[C@@]1(CN(O)C=O)NC(=O)N(Cc2ccccc2C(=O)OC)C1=O. The van der Waals surface area contributed by atoms with Gasteiger partial charge in [-0.1, -0.05) is 38.0 Å². The van der Waals surface area contributed by atoms with Crippen LogP contribution in [0.3, 0.4) is 0 Å². The minimum absolute atomic E-state index is 0.129. The second-order valence-electron chi connectivity index (χ2n) is 6.36. The maximum Gasteiger partial charge on any atom is 0.338 e. The van der Waals surface area contributed by atoms with Gasteiger partial charge in [0.25, 0.3) is 5.91 Å². The molecule has 0 radical (unpaired) electrons. The fourth-order valence-corrected chi connectivity index (χ4v) is 3.11. The van der Waals surface area contributed by atoms with Crippen LogP contribution in [-0.2, 0) is 20.9 Å². The number of hydrogen-bond donors (Lipinski definition) is 2. The largest absolute Gasteiger partial charge is 0.465 e. The minimum Gasteiger partial charge on any atom is -0.465 e. The number of amides is 4. The molecule has 1 aromatic rings. The van der Waals surface area contributed by atoms with Gasteiger partial charge in [0.1, 0.15) is 5.54 Å². The number of nitrogens with zero attached hydrogens (tertiary/aromatic N) is 2. The number of esters is 1. The Balaban J connectivity index is 2.31. The van der Waals surface area contributed by atoms with Crippen molar-refractivity contribution in [2.24, 2.45) is 0 Å². The van der Waals surface area contributed by atoms with Gasteiger partial charge in [0.05, 0.1) is 25.8 Å². The van der Waals surface area contributed by atoms with E-state index in [2.05, 4.69) is 5.32 Å². The van der Waals surface area contributed by atoms with E-state index in [1.54, 1.807) is 24.3 Å². The summed E-state index contributed by atoms with van der Waals surface area (Å²) in [5, 5.41) is 12.6. The van der Waals surface area contributed by atoms with Crippen LogP contribution in [0.5, 0.6) is 0 Å². The van der Waals surface area contributed by atoms with Gasteiger partial charge in [0.15, 0.2) is 0 Å². The Morgan fingerprint density at radius 2 is 2.07 bits per heavy atom. The third-order valence-electron chi connectivity index (χ3n) is 4.51. The lowest BCUT2D eigenvalue weighted by Gasteiger charge is -2.28. The number of carbonyl (C=O) groups is 4. The number of nitrogens with one attached hydrogen (secondary N) is 1. The second-order valence-corrected chi connectivity index (χ2v) is 6.36. The van der Waals surface area contributed by atoms with Crippen LogP contribution in [0.15, 0.2) is 24.3 Å². The lowest BCUT2D eigenvalue weighted by Crippen LogP contribution is -2.54. The van der Waals surface area contributed by atoms with Crippen LogP contribution in [0.2, 0.25) is 0 Å². The number of ether oxygens (including phenoxy) is 1. The number of benzene rings is 1. The van der Waals surface area contributed by atoms with Crippen molar-refractivity contribution in [3.8, 4) is 0 Å². The maximum atomic E-state index is 13.0. The molecule has 9 heteroatoms. The van der Waals surface area contributed by atoms with E-state index in [0.717, 1.165) is 11.3 Å². The molecule has 146 valence electrons. The van der Waals surface area contributed by atoms with E-state index in [9.17, 15) is 24.4 Å². The van der Waals surface area contributed by atoms with Crippen LogP contribution in [0, 0.1) is 0 Å². The molecule has 1 aliphatic heterocycles. The van der Waals surface area contributed by atoms with Crippen molar-refractivity contribution in [3.05, 3.63) is 35.4 Å². The average Bonchev–Trinajstić information content (AvgIpc) is 2.90. The fourth-order valence-electron chi connectivity index (χ4n) is 3.11. The lowest BCUT2D eigenvalue weighted by molar-refractivity contribution is -0.157. The summed E-state index contributed by atoms with van der Waals surface area (Å²) in [5.74, 6) is -1.13. The maximum absolute atomic E-state index is 13.0. The molecule has 9 nitrogen and oxygen atoms in total. The molecule has 0 saturated carbocycles. The monoisotopic (exact) mass is 377 g/mol. The van der Waals surface area contributed by atoms with Crippen LogP contribution in [-0.4, -0.2) is 58.7 Å².